The second kappa shape index (κ2) is 3.74. The molecule has 2 nitrogen and oxygen atoms in total. The summed E-state index contributed by atoms with van der Waals surface area (Å²) >= 11 is 0. The molecule has 1 rings (SSSR count). The Bertz CT molecular complexity index is 134. The Kier molecular flexibility index (Phi) is 2.92. The molecule has 0 bridgehead atoms. The van der Waals surface area contributed by atoms with Gasteiger partial charge in [0.1, 0.15) is 0 Å². The van der Waals surface area contributed by atoms with E-state index in [1.54, 1.807) is 0 Å². The second-order valence-corrected chi connectivity index (χ2v) is 3.28. The summed E-state index contributed by atoms with van der Waals surface area (Å²) in [5.41, 5.74) is 0. The van der Waals surface area contributed by atoms with Crippen LogP contribution in [0.25, 0.3) is 0 Å². The molecule has 2 heteroatoms. The molecule has 0 atom stereocenters. The first-order valence-corrected chi connectivity index (χ1v) is 4.17. The van der Waals surface area contributed by atoms with Crippen molar-refractivity contribution in [2.45, 2.75) is 32.6 Å². The van der Waals surface area contributed by atoms with Gasteiger partial charge in [-0.05, 0) is 31.6 Å². The standard InChI is InChI=1S/C9H15O2/c1-7-3-5-8(6-4-7)9(10)11-2/h7H,3-6H2,1-2H3. The molecule has 11 heavy (non-hydrogen) atoms. The van der Waals surface area contributed by atoms with Crippen LogP contribution in [0.5, 0.6) is 0 Å². The van der Waals surface area contributed by atoms with Gasteiger partial charge in [0.05, 0.1) is 13.0 Å². The Hall–Kier alpha value is -0.530. The number of methoxy groups -OCH3 is 1. The normalized spacial score (nSPS) is 21.6. The summed E-state index contributed by atoms with van der Waals surface area (Å²) in [7, 11) is 1.45. The fraction of sp³-hybridized carbons (Fsp3) is 0.778. The van der Waals surface area contributed by atoms with Gasteiger partial charge < -0.3 is 4.74 Å². The number of carbonyl (C=O) groups excluding carboxylic acids is 1. The van der Waals surface area contributed by atoms with Crippen LogP contribution < -0.4 is 0 Å². The highest BCUT2D eigenvalue weighted by atomic mass is 16.5. The molecule has 0 spiro atoms. The van der Waals surface area contributed by atoms with Gasteiger partial charge >= 0.3 is 5.97 Å². The van der Waals surface area contributed by atoms with Gasteiger partial charge in [-0.2, -0.15) is 0 Å². The van der Waals surface area contributed by atoms with Crippen molar-refractivity contribution < 1.29 is 9.53 Å². The van der Waals surface area contributed by atoms with Crippen molar-refractivity contribution in [3.63, 3.8) is 0 Å². The van der Waals surface area contributed by atoms with Crippen molar-refractivity contribution in [1.29, 1.82) is 0 Å². The van der Waals surface area contributed by atoms with Crippen LogP contribution in [0.3, 0.4) is 0 Å². The Labute approximate surface area is 67.9 Å². The minimum atomic E-state index is -0.100. The lowest BCUT2D eigenvalue weighted by atomic mass is 9.83. The van der Waals surface area contributed by atoms with Crippen LogP contribution in [0.1, 0.15) is 32.6 Å². The molecule has 0 aromatic rings. The van der Waals surface area contributed by atoms with Crippen LogP contribution in [0.4, 0.5) is 0 Å². The van der Waals surface area contributed by atoms with Crippen LogP contribution in [0.15, 0.2) is 0 Å². The highest BCUT2D eigenvalue weighted by Crippen LogP contribution is 2.30. The van der Waals surface area contributed by atoms with E-state index in [1.807, 2.05) is 0 Å². The van der Waals surface area contributed by atoms with Crippen LogP contribution >= 0.6 is 0 Å². The maximum absolute atomic E-state index is 11.0. The summed E-state index contributed by atoms with van der Waals surface area (Å²) in [5, 5.41) is 0. The van der Waals surface area contributed by atoms with Crippen molar-refractivity contribution >= 4 is 5.97 Å². The van der Waals surface area contributed by atoms with Crippen LogP contribution in [0.2, 0.25) is 0 Å². The molecule has 63 valence electrons. The van der Waals surface area contributed by atoms with Gasteiger partial charge in [0.15, 0.2) is 0 Å². The molecular formula is C9H15O2. The van der Waals surface area contributed by atoms with E-state index in [0.717, 1.165) is 37.5 Å². The molecule has 0 aliphatic heterocycles. The van der Waals surface area contributed by atoms with Crippen molar-refractivity contribution in [2.24, 2.45) is 5.92 Å². The fourth-order valence-corrected chi connectivity index (χ4v) is 1.46. The van der Waals surface area contributed by atoms with Crippen LogP contribution in [-0.2, 0) is 9.53 Å². The molecule has 0 unspecified atom stereocenters. The van der Waals surface area contributed by atoms with Gasteiger partial charge in [0, 0.05) is 0 Å². The maximum atomic E-state index is 11.0. The first kappa shape index (κ1) is 8.57. The molecule has 1 saturated carbocycles. The molecule has 0 saturated heterocycles. The molecule has 0 heterocycles. The Morgan fingerprint density at radius 3 is 2.45 bits per heavy atom. The van der Waals surface area contributed by atoms with E-state index < -0.39 is 0 Å². The first-order chi connectivity index (χ1) is 5.24. The average Bonchev–Trinajstić information content (AvgIpc) is 2.05. The Morgan fingerprint density at radius 2 is 2.00 bits per heavy atom. The molecule has 1 aliphatic rings. The topological polar surface area (TPSA) is 26.3 Å². The number of ether oxygens (including phenoxy) is 1. The quantitative estimate of drug-likeness (QED) is 0.541. The van der Waals surface area contributed by atoms with Gasteiger partial charge in [0.2, 0.25) is 0 Å². The van der Waals surface area contributed by atoms with Gasteiger partial charge in [0.25, 0.3) is 0 Å². The number of carbonyl (C=O) groups is 1. The lowest BCUT2D eigenvalue weighted by Crippen LogP contribution is -2.19. The van der Waals surface area contributed by atoms with Crippen molar-refractivity contribution in [3.8, 4) is 0 Å². The summed E-state index contributed by atoms with van der Waals surface area (Å²) < 4.78 is 4.65. The summed E-state index contributed by atoms with van der Waals surface area (Å²) in [6.45, 7) is 2.23. The Balaban J connectivity index is 2.33. The largest absolute Gasteiger partial charge is 0.469 e. The van der Waals surface area contributed by atoms with Crippen molar-refractivity contribution in [3.05, 3.63) is 5.92 Å². The molecule has 0 N–H and O–H groups in total. The summed E-state index contributed by atoms with van der Waals surface area (Å²) in [4.78, 5) is 11.0. The number of esters is 1. The predicted molar refractivity (Wildman–Crippen MR) is 42.9 cm³/mol. The zero-order valence-corrected chi connectivity index (χ0v) is 7.22. The van der Waals surface area contributed by atoms with Crippen LogP contribution in [0, 0.1) is 11.8 Å². The number of rotatable bonds is 1. The predicted octanol–water partition coefficient (Wildman–Crippen LogP) is 1.94. The van der Waals surface area contributed by atoms with E-state index in [1.165, 1.54) is 7.11 Å². The fourth-order valence-electron chi connectivity index (χ4n) is 1.46. The minimum Gasteiger partial charge on any atom is -0.469 e. The molecule has 1 aliphatic carbocycles. The molecule has 0 aromatic heterocycles. The third-order valence-electron chi connectivity index (χ3n) is 2.35. The maximum Gasteiger partial charge on any atom is 0.312 e. The third-order valence-corrected chi connectivity index (χ3v) is 2.35. The molecule has 0 aromatic carbocycles. The zero-order chi connectivity index (χ0) is 8.27. The molecule has 1 fully saturated rings. The SMILES string of the molecule is COC(=O)[C]1CCC(C)CC1. The van der Waals surface area contributed by atoms with E-state index in [4.69, 9.17) is 0 Å². The van der Waals surface area contributed by atoms with Crippen LogP contribution in [-0.4, -0.2) is 13.1 Å². The lowest BCUT2D eigenvalue weighted by molar-refractivity contribution is -0.139. The van der Waals surface area contributed by atoms with Crippen molar-refractivity contribution in [2.75, 3.05) is 7.11 Å². The number of hydrogen-bond donors (Lipinski definition) is 0. The minimum absolute atomic E-state index is 0.100. The average molecular weight is 155 g/mol. The van der Waals surface area contributed by atoms with E-state index in [0.29, 0.717) is 0 Å². The van der Waals surface area contributed by atoms with E-state index in [9.17, 15) is 4.79 Å². The lowest BCUT2D eigenvalue weighted by Gasteiger charge is -2.23. The van der Waals surface area contributed by atoms with Crippen molar-refractivity contribution in [1.82, 2.24) is 0 Å². The monoisotopic (exact) mass is 155 g/mol. The van der Waals surface area contributed by atoms with Gasteiger partial charge in [-0.1, -0.05) is 6.92 Å². The zero-order valence-electron chi connectivity index (χ0n) is 7.22. The first-order valence-electron chi connectivity index (χ1n) is 4.17. The highest BCUT2D eigenvalue weighted by molar-refractivity contribution is 5.84. The summed E-state index contributed by atoms with van der Waals surface area (Å²) in [5.74, 6) is 1.66. The summed E-state index contributed by atoms with van der Waals surface area (Å²) in [6.07, 6.45) is 4.16. The van der Waals surface area contributed by atoms with Gasteiger partial charge in [-0.3, -0.25) is 4.79 Å². The molecule has 0 amide bonds. The smallest absolute Gasteiger partial charge is 0.312 e. The molecular weight excluding hydrogens is 140 g/mol. The van der Waals surface area contributed by atoms with E-state index in [-0.39, 0.29) is 5.97 Å². The molecule has 1 radical (unpaired) electrons. The Morgan fingerprint density at radius 1 is 1.45 bits per heavy atom. The summed E-state index contributed by atoms with van der Waals surface area (Å²) in [6, 6.07) is 0. The van der Waals surface area contributed by atoms with E-state index >= 15 is 0 Å². The van der Waals surface area contributed by atoms with Gasteiger partial charge in [-0.15, -0.1) is 0 Å². The highest BCUT2D eigenvalue weighted by Gasteiger charge is 2.25. The third kappa shape index (κ3) is 2.21. The number of hydrogen-bond acceptors (Lipinski definition) is 2. The second-order valence-electron chi connectivity index (χ2n) is 3.28. The van der Waals surface area contributed by atoms with E-state index in [2.05, 4.69) is 11.7 Å². The van der Waals surface area contributed by atoms with Gasteiger partial charge in [-0.25, -0.2) is 0 Å².